The van der Waals surface area contributed by atoms with Crippen LogP contribution in [0.3, 0.4) is 0 Å². The molecule has 3 heteroatoms. The molecule has 0 aromatic heterocycles. The van der Waals surface area contributed by atoms with E-state index in [0.717, 1.165) is 12.8 Å². The van der Waals surface area contributed by atoms with Crippen LogP contribution < -0.4 is 0 Å². The molecular formula is C13H28O2S. The highest BCUT2D eigenvalue weighted by Gasteiger charge is 2.47. The van der Waals surface area contributed by atoms with Crippen molar-refractivity contribution in [2.45, 2.75) is 83.1 Å². The van der Waals surface area contributed by atoms with Crippen molar-refractivity contribution >= 4 is 9.84 Å². The average molecular weight is 248 g/mol. The van der Waals surface area contributed by atoms with Gasteiger partial charge in [0, 0.05) is 0 Å². The van der Waals surface area contributed by atoms with Gasteiger partial charge in [0.15, 0.2) is 9.84 Å². The Bertz CT molecular complexity index is 302. The third-order valence-corrected chi connectivity index (χ3v) is 7.99. The summed E-state index contributed by atoms with van der Waals surface area (Å²) >= 11 is 0. The van der Waals surface area contributed by atoms with Gasteiger partial charge in [-0.2, -0.15) is 0 Å². The number of rotatable bonds is 7. The zero-order chi connectivity index (χ0) is 13.0. The maximum absolute atomic E-state index is 12.8. The molecule has 0 aromatic carbocycles. The molecule has 0 amide bonds. The van der Waals surface area contributed by atoms with Gasteiger partial charge < -0.3 is 0 Å². The first-order valence-electron chi connectivity index (χ1n) is 6.48. The molecule has 1 atom stereocenters. The van der Waals surface area contributed by atoms with Crippen LogP contribution in [0.1, 0.15) is 73.6 Å². The van der Waals surface area contributed by atoms with Gasteiger partial charge in [0.2, 0.25) is 0 Å². The summed E-state index contributed by atoms with van der Waals surface area (Å²) in [6.45, 7) is 11.8. The molecule has 0 aromatic rings. The van der Waals surface area contributed by atoms with Crippen molar-refractivity contribution in [1.29, 1.82) is 0 Å². The van der Waals surface area contributed by atoms with Gasteiger partial charge in [0.05, 0.1) is 9.49 Å². The van der Waals surface area contributed by atoms with Crippen LogP contribution in [0.25, 0.3) is 0 Å². The van der Waals surface area contributed by atoms with E-state index in [1.807, 2.05) is 34.6 Å². The second kappa shape index (κ2) is 5.52. The summed E-state index contributed by atoms with van der Waals surface area (Å²) in [6.07, 6.45) is 3.80. The Morgan fingerprint density at radius 1 is 0.812 bits per heavy atom. The maximum atomic E-state index is 12.8. The third-order valence-electron chi connectivity index (χ3n) is 4.32. The lowest BCUT2D eigenvalue weighted by molar-refractivity contribution is 0.441. The fourth-order valence-corrected chi connectivity index (χ4v) is 5.06. The first kappa shape index (κ1) is 16.0. The normalized spacial score (nSPS) is 17.1. The highest BCUT2D eigenvalue weighted by molar-refractivity contribution is 7.94. The van der Waals surface area contributed by atoms with Crippen LogP contribution in [0, 0.1) is 0 Å². The Morgan fingerprint density at radius 3 is 1.44 bits per heavy atom. The summed E-state index contributed by atoms with van der Waals surface area (Å²) in [4.78, 5) is 0. The van der Waals surface area contributed by atoms with Crippen molar-refractivity contribution in [3.63, 3.8) is 0 Å². The molecule has 0 spiro atoms. The molecule has 0 rings (SSSR count). The van der Waals surface area contributed by atoms with Crippen LogP contribution in [-0.4, -0.2) is 17.9 Å². The smallest absolute Gasteiger partial charge is 0.161 e. The van der Waals surface area contributed by atoms with E-state index in [-0.39, 0.29) is 0 Å². The summed E-state index contributed by atoms with van der Waals surface area (Å²) in [5.41, 5.74) is 0. The molecule has 0 N–H and O–H groups in total. The van der Waals surface area contributed by atoms with Gasteiger partial charge in [-0.1, -0.05) is 34.1 Å². The van der Waals surface area contributed by atoms with Crippen LogP contribution >= 0.6 is 0 Å². The first-order chi connectivity index (χ1) is 7.24. The molecule has 0 radical (unpaired) electrons. The SMILES string of the molecule is CCCC(C)(CC)S(=O)(=O)C(C)(CC)CC. The van der Waals surface area contributed by atoms with Gasteiger partial charge in [-0.3, -0.25) is 0 Å². The standard InChI is InChI=1S/C13H28O2S/c1-7-11-13(6,10-4)16(14,15)12(5,8-2)9-3/h7-11H2,1-6H3. The third kappa shape index (κ3) is 2.44. The van der Waals surface area contributed by atoms with Crippen LogP contribution in [0.15, 0.2) is 0 Å². The summed E-state index contributed by atoms with van der Waals surface area (Å²) in [6, 6.07) is 0. The number of hydrogen-bond donors (Lipinski definition) is 0. The van der Waals surface area contributed by atoms with Gasteiger partial charge in [0.25, 0.3) is 0 Å². The van der Waals surface area contributed by atoms with Crippen molar-refractivity contribution in [2.24, 2.45) is 0 Å². The molecule has 0 saturated carbocycles. The Labute approximate surface area is 102 Å². The summed E-state index contributed by atoms with van der Waals surface area (Å²) in [5, 5.41) is 0. The quantitative estimate of drug-likeness (QED) is 0.683. The second-order valence-electron chi connectivity index (χ2n) is 5.21. The van der Waals surface area contributed by atoms with Gasteiger partial charge in [-0.15, -0.1) is 0 Å². The molecule has 0 saturated heterocycles. The van der Waals surface area contributed by atoms with Crippen LogP contribution in [0.5, 0.6) is 0 Å². The molecule has 0 heterocycles. The van der Waals surface area contributed by atoms with Crippen molar-refractivity contribution in [1.82, 2.24) is 0 Å². The van der Waals surface area contributed by atoms with Gasteiger partial charge in [0.1, 0.15) is 0 Å². The van der Waals surface area contributed by atoms with E-state index in [0.29, 0.717) is 19.3 Å². The van der Waals surface area contributed by atoms with E-state index in [9.17, 15) is 8.42 Å². The molecule has 98 valence electrons. The molecule has 0 fully saturated rings. The van der Waals surface area contributed by atoms with Crippen LogP contribution in [0.4, 0.5) is 0 Å². The minimum Gasteiger partial charge on any atom is -0.228 e. The van der Waals surface area contributed by atoms with Crippen molar-refractivity contribution in [3.05, 3.63) is 0 Å². The Hall–Kier alpha value is -0.0500. The molecule has 16 heavy (non-hydrogen) atoms. The van der Waals surface area contributed by atoms with E-state index in [2.05, 4.69) is 6.92 Å². The second-order valence-corrected chi connectivity index (χ2v) is 8.19. The van der Waals surface area contributed by atoms with E-state index >= 15 is 0 Å². The molecule has 0 aliphatic carbocycles. The minimum absolute atomic E-state index is 0.553. The lowest BCUT2D eigenvalue weighted by atomic mass is 10.0. The zero-order valence-electron chi connectivity index (χ0n) is 11.8. The predicted molar refractivity (Wildman–Crippen MR) is 71.5 cm³/mol. The van der Waals surface area contributed by atoms with E-state index in [1.54, 1.807) is 0 Å². The first-order valence-corrected chi connectivity index (χ1v) is 7.97. The van der Waals surface area contributed by atoms with Crippen LogP contribution in [-0.2, 0) is 9.84 Å². The largest absolute Gasteiger partial charge is 0.228 e. The van der Waals surface area contributed by atoms with Gasteiger partial charge in [-0.25, -0.2) is 8.42 Å². The topological polar surface area (TPSA) is 34.1 Å². The van der Waals surface area contributed by atoms with Crippen molar-refractivity contribution in [3.8, 4) is 0 Å². The van der Waals surface area contributed by atoms with Gasteiger partial charge in [-0.05, 0) is 39.5 Å². The lowest BCUT2D eigenvalue weighted by Crippen LogP contribution is -2.48. The molecule has 1 unspecified atom stereocenters. The summed E-state index contributed by atoms with van der Waals surface area (Å²) < 4.78 is 24.4. The molecule has 0 bridgehead atoms. The molecule has 0 aliphatic rings. The monoisotopic (exact) mass is 248 g/mol. The average Bonchev–Trinajstić information content (AvgIpc) is 2.27. The van der Waals surface area contributed by atoms with Crippen molar-refractivity contribution in [2.75, 3.05) is 0 Å². The van der Waals surface area contributed by atoms with E-state index < -0.39 is 19.3 Å². The lowest BCUT2D eigenvalue weighted by Gasteiger charge is -2.38. The Balaban J connectivity index is 5.47. The Morgan fingerprint density at radius 2 is 1.19 bits per heavy atom. The maximum Gasteiger partial charge on any atom is 0.161 e. The van der Waals surface area contributed by atoms with Crippen LogP contribution in [0.2, 0.25) is 0 Å². The zero-order valence-corrected chi connectivity index (χ0v) is 12.6. The fraction of sp³-hybridized carbons (Fsp3) is 1.00. The molecule has 2 nitrogen and oxygen atoms in total. The number of hydrogen-bond acceptors (Lipinski definition) is 2. The fourth-order valence-electron chi connectivity index (χ4n) is 2.25. The predicted octanol–water partition coefficient (Wildman–Crippen LogP) is 3.95. The molecular weight excluding hydrogens is 220 g/mol. The van der Waals surface area contributed by atoms with Crippen molar-refractivity contribution < 1.29 is 8.42 Å². The molecule has 0 aliphatic heterocycles. The van der Waals surface area contributed by atoms with Gasteiger partial charge >= 0.3 is 0 Å². The highest BCUT2D eigenvalue weighted by atomic mass is 32.2. The minimum atomic E-state index is -3.07. The highest BCUT2D eigenvalue weighted by Crippen LogP contribution is 2.39. The van der Waals surface area contributed by atoms with E-state index in [4.69, 9.17) is 0 Å². The summed E-state index contributed by atoms with van der Waals surface area (Å²) in [7, 11) is -3.07. The number of sulfone groups is 1. The summed E-state index contributed by atoms with van der Waals surface area (Å²) in [5.74, 6) is 0. The van der Waals surface area contributed by atoms with E-state index in [1.165, 1.54) is 0 Å². The Kier molecular flexibility index (Phi) is 5.51.